The Morgan fingerprint density at radius 3 is 1.24 bits per heavy atom. The number of hydrogen-bond acceptors (Lipinski definition) is 0. The predicted molar refractivity (Wildman–Crippen MR) is 190 cm³/mol. The molecule has 0 spiro atoms. The second-order valence-electron chi connectivity index (χ2n) is 15.3. The molecule has 1 unspecified atom stereocenters. The van der Waals surface area contributed by atoms with Gasteiger partial charge in [0, 0.05) is 0 Å². The van der Waals surface area contributed by atoms with Gasteiger partial charge in [-0.1, -0.05) is 153 Å². The van der Waals surface area contributed by atoms with Gasteiger partial charge >= 0.3 is 26.2 Å². The van der Waals surface area contributed by atoms with Gasteiger partial charge in [0.05, 0.1) is 0 Å². The first-order chi connectivity index (χ1) is 20.1. The minimum Gasteiger partial charge on any atom is -1.00 e. The Labute approximate surface area is 310 Å². The molecule has 0 bridgehead atoms. The van der Waals surface area contributed by atoms with Gasteiger partial charge in [-0.25, -0.2) is 6.08 Å². The van der Waals surface area contributed by atoms with Crippen molar-refractivity contribution < 1.29 is 51.0 Å². The molecule has 0 N–H and O–H groups in total. The molecular weight excluding hydrogens is 679 g/mol. The van der Waals surface area contributed by atoms with Gasteiger partial charge in [0.2, 0.25) is 0 Å². The number of rotatable bonds is 2. The molecule has 0 saturated carbocycles. The zero-order valence-electron chi connectivity index (χ0n) is 29.1. The zero-order chi connectivity index (χ0) is 31.2. The predicted octanol–water partition coefficient (Wildman–Crippen LogP) is 6.61. The van der Waals surface area contributed by atoms with E-state index in [4.69, 9.17) is 0 Å². The van der Waals surface area contributed by atoms with E-state index in [2.05, 4.69) is 178 Å². The number of fused-ring (bicyclic) bond motifs is 3. The van der Waals surface area contributed by atoms with Crippen molar-refractivity contribution in [2.75, 3.05) is 0 Å². The molecule has 1 aliphatic carbocycles. The summed E-state index contributed by atoms with van der Waals surface area (Å²) < 4.78 is 0. The monoisotopic (exact) mass is 724 g/mol. The van der Waals surface area contributed by atoms with Gasteiger partial charge in [-0.3, -0.25) is 6.08 Å². The van der Waals surface area contributed by atoms with Gasteiger partial charge in [0.15, 0.2) is 0 Å². The molecule has 3 heteroatoms. The van der Waals surface area contributed by atoms with Crippen LogP contribution in [0.3, 0.4) is 0 Å². The van der Waals surface area contributed by atoms with E-state index in [0.717, 1.165) is 0 Å². The van der Waals surface area contributed by atoms with E-state index >= 15 is 0 Å². The summed E-state index contributed by atoms with van der Waals surface area (Å²) in [4.78, 5) is 0. The zero-order valence-corrected chi connectivity index (χ0v) is 33.1. The van der Waals surface area contributed by atoms with Gasteiger partial charge in [0.1, 0.15) is 0 Å². The molecule has 1 atom stereocenters. The molecule has 5 aromatic rings. The Hall–Kier alpha value is -2.31. The fourth-order valence-corrected chi connectivity index (χ4v) is 6.11. The number of halogens is 2. The first-order valence-corrected chi connectivity index (χ1v) is 15.8. The average molecular weight is 727 g/mol. The molecule has 0 nitrogen and oxygen atoms in total. The van der Waals surface area contributed by atoms with Crippen LogP contribution in [0.15, 0.2) is 109 Å². The van der Waals surface area contributed by atoms with Crippen LogP contribution in [0, 0.1) is 17.4 Å². The van der Waals surface area contributed by atoms with Crippen molar-refractivity contribution in [1.82, 2.24) is 0 Å². The fraction of sp³-hybridized carbons (Fsp3) is 0.326. The molecule has 0 amide bonds. The molecule has 0 heterocycles. The van der Waals surface area contributed by atoms with Crippen LogP contribution in [0.1, 0.15) is 80.4 Å². The average Bonchev–Trinajstić information content (AvgIpc) is 3.55. The number of allylic oxidation sites excluding steroid dienone is 4. The molecule has 0 aliphatic heterocycles. The molecule has 0 fully saturated rings. The number of benzene rings is 4. The summed E-state index contributed by atoms with van der Waals surface area (Å²) in [5.41, 5.74) is 9.88. The molecule has 1 aliphatic rings. The minimum absolute atomic E-state index is 0. The van der Waals surface area contributed by atoms with Crippen LogP contribution in [0.2, 0.25) is 0 Å². The summed E-state index contributed by atoms with van der Waals surface area (Å²) >= 11 is 0. The molecule has 6 rings (SSSR count). The topological polar surface area (TPSA) is 0 Å². The maximum Gasteiger partial charge on any atom is 4.00 e. The van der Waals surface area contributed by atoms with Gasteiger partial charge in [0.25, 0.3) is 0 Å². The molecule has 0 radical (unpaired) electrons. The third-order valence-corrected chi connectivity index (χ3v) is 8.56. The van der Waals surface area contributed by atoms with Gasteiger partial charge < -0.3 is 24.8 Å². The Balaban J connectivity index is 0.000000489. The van der Waals surface area contributed by atoms with Crippen molar-refractivity contribution >= 4 is 21.5 Å². The van der Waals surface area contributed by atoms with Crippen LogP contribution in [0.25, 0.3) is 43.8 Å². The van der Waals surface area contributed by atoms with Crippen molar-refractivity contribution in [3.05, 3.63) is 126 Å². The first-order valence-electron chi connectivity index (χ1n) is 15.8. The Kier molecular flexibility index (Phi) is 13.2. The van der Waals surface area contributed by atoms with Crippen LogP contribution in [0.4, 0.5) is 0 Å². The van der Waals surface area contributed by atoms with Gasteiger partial charge in [-0.2, -0.15) is 11.6 Å². The van der Waals surface area contributed by atoms with Crippen LogP contribution in [-0.4, -0.2) is 0 Å². The summed E-state index contributed by atoms with van der Waals surface area (Å²) in [5.74, 6) is 0.522. The van der Waals surface area contributed by atoms with E-state index in [9.17, 15) is 0 Å². The van der Waals surface area contributed by atoms with Crippen LogP contribution in [-0.2, 0) is 37.0 Å². The third-order valence-electron chi connectivity index (χ3n) is 8.56. The molecule has 5 aromatic carbocycles. The SMILES string of the molecule is CC(C)(C)c1cc2c(cc1-c1ccccc1)[cH-]c1cc(-c3ccccc3)c(C(C)(C)C)cc12.CC1[C-]=CC(C(C)(C)C)=C1.[Cl-].[Cl-].[Zr+4]. The Morgan fingerprint density at radius 1 is 0.565 bits per heavy atom. The minimum atomic E-state index is 0. The summed E-state index contributed by atoms with van der Waals surface area (Å²) in [7, 11) is 0. The van der Waals surface area contributed by atoms with E-state index in [1.807, 2.05) is 0 Å². The molecule has 0 saturated heterocycles. The van der Waals surface area contributed by atoms with Crippen LogP contribution < -0.4 is 24.8 Å². The number of hydrogen-bond donors (Lipinski definition) is 0. The van der Waals surface area contributed by atoms with Crippen molar-refractivity contribution in [3.8, 4) is 22.3 Å². The van der Waals surface area contributed by atoms with Gasteiger partial charge in [-0.15, -0.1) is 39.7 Å². The summed E-state index contributed by atoms with van der Waals surface area (Å²) in [5, 5.41) is 5.36. The van der Waals surface area contributed by atoms with Crippen molar-refractivity contribution in [1.29, 1.82) is 0 Å². The van der Waals surface area contributed by atoms with Crippen LogP contribution in [0.5, 0.6) is 0 Å². The van der Waals surface area contributed by atoms with E-state index in [-0.39, 0.29) is 61.8 Å². The third kappa shape index (κ3) is 8.78. The van der Waals surface area contributed by atoms with E-state index in [1.165, 1.54) is 60.5 Å². The van der Waals surface area contributed by atoms with Crippen molar-refractivity contribution in [3.63, 3.8) is 0 Å². The smallest absolute Gasteiger partial charge is 1.00 e. The normalized spacial score (nSPS) is 14.5. The van der Waals surface area contributed by atoms with E-state index in [0.29, 0.717) is 11.3 Å². The fourth-order valence-electron chi connectivity index (χ4n) is 6.11. The summed E-state index contributed by atoms with van der Waals surface area (Å²) in [6.45, 7) is 22.8. The Bertz CT molecular complexity index is 1690. The second kappa shape index (κ2) is 15.3. The Morgan fingerprint density at radius 2 is 0.957 bits per heavy atom. The van der Waals surface area contributed by atoms with E-state index in [1.54, 1.807) is 0 Å². The quantitative estimate of drug-likeness (QED) is 0.180. The maximum absolute atomic E-state index is 3.26. The van der Waals surface area contributed by atoms with Crippen LogP contribution >= 0.6 is 0 Å². The molecular formula is C43H48Cl2Zr. The summed E-state index contributed by atoms with van der Waals surface area (Å²) in [6.07, 6.45) is 7.65. The van der Waals surface area contributed by atoms with Crippen molar-refractivity contribution in [2.24, 2.45) is 11.3 Å². The standard InChI is InChI=1S/C33H33.C10H15.2ClH.Zr/c1-32(2,3)30-20-26-24(18-28(30)22-13-9-7-10-14-22)17-25-19-29(23-15-11-8-12-16-23)31(21-27(25)26)33(4,5)6;1-8-5-6-9(7-8)10(2,3)4;;;/h7-21H,1-6H3;6-8H,1-4H3;2*1H;/q2*-1;;;+4/p-2. The first kappa shape index (κ1) is 39.9. The second-order valence-corrected chi connectivity index (χ2v) is 15.3. The maximum atomic E-state index is 3.26. The van der Waals surface area contributed by atoms with Crippen molar-refractivity contribution in [2.45, 2.75) is 80.1 Å². The molecule has 46 heavy (non-hydrogen) atoms. The molecule has 0 aromatic heterocycles. The van der Waals surface area contributed by atoms with E-state index < -0.39 is 0 Å². The summed E-state index contributed by atoms with van der Waals surface area (Å²) in [6, 6.07) is 33.7. The molecule has 238 valence electrons. The largest absolute Gasteiger partial charge is 4.00 e. The van der Waals surface area contributed by atoms with Gasteiger partial charge in [-0.05, 0) is 44.2 Å².